The number of hydrogen-bond donors (Lipinski definition) is 0. The number of Topliss-reactive ketones (excluding diaryl/α,β-unsaturated/α-hetero) is 1. The fourth-order valence-electron chi connectivity index (χ4n) is 0.789. The standard InChI is InChI=1S/C9H8FNO/c1-6(2)9(12)7-3-4-11-5-8(7)10/h3-5H,1H2,2H3. The van der Waals surface area contributed by atoms with Gasteiger partial charge in [0.2, 0.25) is 0 Å². The van der Waals surface area contributed by atoms with Crippen LogP contribution in [0.25, 0.3) is 0 Å². The first-order chi connectivity index (χ1) is 5.63. The fourth-order valence-corrected chi connectivity index (χ4v) is 0.789. The van der Waals surface area contributed by atoms with Gasteiger partial charge in [0, 0.05) is 6.20 Å². The van der Waals surface area contributed by atoms with Crippen LogP contribution >= 0.6 is 0 Å². The molecular weight excluding hydrogens is 157 g/mol. The maximum absolute atomic E-state index is 12.9. The zero-order valence-electron chi connectivity index (χ0n) is 6.67. The predicted octanol–water partition coefficient (Wildman–Crippen LogP) is 1.98. The van der Waals surface area contributed by atoms with E-state index in [1.54, 1.807) is 6.92 Å². The van der Waals surface area contributed by atoms with Crippen molar-refractivity contribution in [2.75, 3.05) is 0 Å². The van der Waals surface area contributed by atoms with E-state index in [-0.39, 0.29) is 11.3 Å². The summed E-state index contributed by atoms with van der Waals surface area (Å²) < 4.78 is 12.9. The molecule has 0 unspecified atom stereocenters. The predicted molar refractivity (Wildman–Crippen MR) is 43.3 cm³/mol. The topological polar surface area (TPSA) is 30.0 Å². The third-order valence-corrected chi connectivity index (χ3v) is 1.40. The van der Waals surface area contributed by atoms with E-state index in [1.807, 2.05) is 0 Å². The smallest absolute Gasteiger partial charge is 0.191 e. The van der Waals surface area contributed by atoms with Crippen molar-refractivity contribution in [3.63, 3.8) is 0 Å². The maximum Gasteiger partial charge on any atom is 0.191 e. The minimum atomic E-state index is -0.606. The van der Waals surface area contributed by atoms with Crippen molar-refractivity contribution in [3.05, 3.63) is 42.0 Å². The third-order valence-electron chi connectivity index (χ3n) is 1.40. The molecule has 0 atom stereocenters. The molecule has 1 rings (SSSR count). The van der Waals surface area contributed by atoms with Crippen LogP contribution in [0.5, 0.6) is 0 Å². The Morgan fingerprint density at radius 2 is 2.33 bits per heavy atom. The fraction of sp³-hybridized carbons (Fsp3) is 0.111. The summed E-state index contributed by atoms with van der Waals surface area (Å²) in [7, 11) is 0. The molecule has 0 aliphatic heterocycles. The molecule has 0 aromatic carbocycles. The second kappa shape index (κ2) is 3.26. The summed E-state index contributed by atoms with van der Waals surface area (Å²) in [5, 5.41) is 0. The Morgan fingerprint density at radius 1 is 1.67 bits per heavy atom. The molecule has 1 heterocycles. The molecule has 0 saturated heterocycles. The highest BCUT2D eigenvalue weighted by molar-refractivity contribution is 6.07. The molecule has 0 N–H and O–H groups in total. The Morgan fingerprint density at radius 3 is 2.83 bits per heavy atom. The third kappa shape index (κ3) is 1.56. The first-order valence-corrected chi connectivity index (χ1v) is 3.42. The van der Waals surface area contributed by atoms with E-state index >= 15 is 0 Å². The van der Waals surface area contributed by atoms with Gasteiger partial charge < -0.3 is 0 Å². The second-order valence-corrected chi connectivity index (χ2v) is 2.46. The van der Waals surface area contributed by atoms with Crippen molar-refractivity contribution in [1.82, 2.24) is 4.98 Å². The summed E-state index contributed by atoms with van der Waals surface area (Å²) >= 11 is 0. The lowest BCUT2D eigenvalue weighted by molar-refractivity contribution is 0.103. The molecule has 1 aromatic rings. The van der Waals surface area contributed by atoms with Crippen molar-refractivity contribution in [2.24, 2.45) is 0 Å². The summed E-state index contributed by atoms with van der Waals surface area (Å²) in [6.45, 7) is 4.98. The lowest BCUT2D eigenvalue weighted by Crippen LogP contribution is -2.02. The van der Waals surface area contributed by atoms with Crippen molar-refractivity contribution < 1.29 is 9.18 Å². The SMILES string of the molecule is C=C(C)C(=O)c1ccncc1F. The lowest BCUT2D eigenvalue weighted by atomic mass is 10.1. The van der Waals surface area contributed by atoms with Crippen molar-refractivity contribution in [1.29, 1.82) is 0 Å². The van der Waals surface area contributed by atoms with Gasteiger partial charge in [0.15, 0.2) is 11.6 Å². The van der Waals surface area contributed by atoms with Gasteiger partial charge in [0.05, 0.1) is 11.8 Å². The van der Waals surface area contributed by atoms with E-state index in [2.05, 4.69) is 11.6 Å². The Kier molecular flexibility index (Phi) is 2.33. The summed E-state index contributed by atoms with van der Waals surface area (Å²) in [6.07, 6.45) is 2.38. The van der Waals surface area contributed by atoms with Crippen LogP contribution in [0.2, 0.25) is 0 Å². The molecule has 0 radical (unpaired) electrons. The van der Waals surface area contributed by atoms with Gasteiger partial charge in [-0.15, -0.1) is 0 Å². The largest absolute Gasteiger partial charge is 0.289 e. The van der Waals surface area contributed by atoms with Crippen LogP contribution in [0.15, 0.2) is 30.6 Å². The highest BCUT2D eigenvalue weighted by Gasteiger charge is 2.10. The number of aromatic nitrogens is 1. The number of nitrogens with zero attached hydrogens (tertiary/aromatic N) is 1. The molecule has 1 aromatic heterocycles. The van der Waals surface area contributed by atoms with Gasteiger partial charge >= 0.3 is 0 Å². The molecule has 0 fully saturated rings. The van der Waals surface area contributed by atoms with E-state index in [0.717, 1.165) is 6.20 Å². The number of pyridine rings is 1. The van der Waals surface area contributed by atoms with Crippen LogP contribution in [0, 0.1) is 5.82 Å². The summed E-state index contributed by atoms with van der Waals surface area (Å²) in [4.78, 5) is 14.7. The molecule has 12 heavy (non-hydrogen) atoms. The zero-order chi connectivity index (χ0) is 9.14. The maximum atomic E-state index is 12.9. The molecular formula is C9H8FNO. The highest BCUT2D eigenvalue weighted by Crippen LogP contribution is 2.09. The molecule has 0 bridgehead atoms. The molecule has 0 aliphatic rings. The Balaban J connectivity index is 3.11. The first kappa shape index (κ1) is 8.59. The molecule has 62 valence electrons. The van der Waals surface area contributed by atoms with Gasteiger partial charge in [-0.2, -0.15) is 0 Å². The van der Waals surface area contributed by atoms with Crippen LogP contribution in [-0.4, -0.2) is 10.8 Å². The van der Waals surface area contributed by atoms with Crippen molar-refractivity contribution >= 4 is 5.78 Å². The molecule has 2 nitrogen and oxygen atoms in total. The molecule has 0 spiro atoms. The highest BCUT2D eigenvalue weighted by atomic mass is 19.1. The minimum absolute atomic E-state index is 0.0255. The van der Waals surface area contributed by atoms with E-state index in [9.17, 15) is 9.18 Å². The number of allylic oxidation sites excluding steroid dienone is 1. The number of carbonyl (C=O) groups excluding carboxylic acids is 1. The van der Waals surface area contributed by atoms with Gasteiger partial charge in [0.1, 0.15) is 0 Å². The number of rotatable bonds is 2. The molecule has 0 saturated carbocycles. The van der Waals surface area contributed by atoms with Gasteiger partial charge in [-0.25, -0.2) is 4.39 Å². The van der Waals surface area contributed by atoms with Crippen LogP contribution < -0.4 is 0 Å². The average molecular weight is 165 g/mol. The van der Waals surface area contributed by atoms with E-state index in [1.165, 1.54) is 12.3 Å². The molecule has 0 aliphatic carbocycles. The number of halogens is 1. The Bertz CT molecular complexity index is 333. The first-order valence-electron chi connectivity index (χ1n) is 3.42. The second-order valence-electron chi connectivity index (χ2n) is 2.46. The number of ketones is 1. The van der Waals surface area contributed by atoms with Gasteiger partial charge in [-0.05, 0) is 18.6 Å². The quantitative estimate of drug-likeness (QED) is 0.495. The van der Waals surface area contributed by atoms with Crippen LogP contribution in [-0.2, 0) is 0 Å². The normalized spacial score (nSPS) is 9.50. The van der Waals surface area contributed by atoms with Crippen LogP contribution in [0.4, 0.5) is 4.39 Å². The summed E-state index contributed by atoms with van der Waals surface area (Å²) in [6, 6.07) is 1.34. The Hall–Kier alpha value is -1.51. The summed E-state index contributed by atoms with van der Waals surface area (Å²) in [5.74, 6) is -0.986. The molecule has 3 heteroatoms. The zero-order valence-corrected chi connectivity index (χ0v) is 6.67. The van der Waals surface area contributed by atoms with E-state index in [0.29, 0.717) is 5.57 Å². The lowest BCUT2D eigenvalue weighted by Gasteiger charge is -1.99. The van der Waals surface area contributed by atoms with Gasteiger partial charge in [0.25, 0.3) is 0 Å². The van der Waals surface area contributed by atoms with E-state index in [4.69, 9.17) is 0 Å². The minimum Gasteiger partial charge on any atom is -0.289 e. The number of carbonyl (C=O) groups is 1. The monoisotopic (exact) mass is 165 g/mol. The van der Waals surface area contributed by atoms with Gasteiger partial charge in [-0.3, -0.25) is 9.78 Å². The van der Waals surface area contributed by atoms with Crippen LogP contribution in [0.3, 0.4) is 0 Å². The van der Waals surface area contributed by atoms with Crippen LogP contribution in [0.1, 0.15) is 17.3 Å². The van der Waals surface area contributed by atoms with Crippen molar-refractivity contribution in [2.45, 2.75) is 6.92 Å². The number of hydrogen-bond acceptors (Lipinski definition) is 2. The average Bonchev–Trinajstić information content (AvgIpc) is 2.04. The Labute approximate surface area is 69.7 Å². The molecule has 0 amide bonds. The van der Waals surface area contributed by atoms with Crippen molar-refractivity contribution in [3.8, 4) is 0 Å². The van der Waals surface area contributed by atoms with E-state index < -0.39 is 5.82 Å². The summed E-state index contributed by atoms with van der Waals surface area (Å²) in [5.41, 5.74) is 0.345. The van der Waals surface area contributed by atoms with Gasteiger partial charge in [-0.1, -0.05) is 6.58 Å².